The number of aromatic amines is 1. The van der Waals surface area contributed by atoms with E-state index in [1.807, 2.05) is 0 Å². The average Bonchev–Trinajstić information content (AvgIpc) is 2.47. The van der Waals surface area contributed by atoms with E-state index in [9.17, 15) is 9.59 Å². The largest absolute Gasteiger partial charge is 0.310 e. The van der Waals surface area contributed by atoms with Gasteiger partial charge in [-0.3, -0.25) is 9.59 Å². The molecule has 1 amide bonds. The predicted octanol–water partition coefficient (Wildman–Crippen LogP) is 3.86. The number of hydrogen-bond acceptors (Lipinski definition) is 3. The summed E-state index contributed by atoms with van der Waals surface area (Å²) in [6.45, 7) is 1.37. The molecule has 0 aliphatic carbocycles. The van der Waals surface area contributed by atoms with Gasteiger partial charge in [0.2, 0.25) is 11.5 Å². The molecule has 0 aliphatic heterocycles. The van der Waals surface area contributed by atoms with Crippen LogP contribution in [0.2, 0.25) is 10.0 Å². The first-order chi connectivity index (χ1) is 11.0. The van der Waals surface area contributed by atoms with Gasteiger partial charge in [0.15, 0.2) is 0 Å². The fourth-order valence-corrected chi connectivity index (χ4v) is 2.89. The third-order valence-corrected chi connectivity index (χ3v) is 3.86. The molecule has 0 bridgehead atoms. The maximum Gasteiger partial charge on any atom is 0.249 e. The zero-order valence-corrected chi connectivity index (χ0v) is 13.5. The monoisotopic (exact) mass is 347 g/mol. The van der Waals surface area contributed by atoms with Crippen molar-refractivity contribution in [3.63, 3.8) is 0 Å². The van der Waals surface area contributed by atoms with E-state index in [1.165, 1.54) is 13.0 Å². The van der Waals surface area contributed by atoms with Crippen molar-refractivity contribution in [3.05, 3.63) is 56.8 Å². The zero-order valence-electron chi connectivity index (χ0n) is 12.0. The standard InChI is InChI=1S/C16H11Cl2N3O2/c1-8(22)19-16-10(14-11(17)3-2-4-12(14)18)7-9-5-6-13(23)20-15(9)21-16/h2-7H,1H3,(H2,19,20,21,22,23). The Morgan fingerprint density at radius 3 is 2.52 bits per heavy atom. The minimum Gasteiger partial charge on any atom is -0.310 e. The van der Waals surface area contributed by atoms with Crippen LogP contribution < -0.4 is 10.9 Å². The van der Waals surface area contributed by atoms with Crippen molar-refractivity contribution in [3.8, 4) is 11.1 Å². The number of hydrogen-bond donors (Lipinski definition) is 2. The number of anilines is 1. The van der Waals surface area contributed by atoms with Crippen LogP contribution >= 0.6 is 23.2 Å². The van der Waals surface area contributed by atoms with Crippen molar-refractivity contribution >= 4 is 46.0 Å². The number of halogens is 2. The molecule has 0 aliphatic rings. The third kappa shape index (κ3) is 3.06. The summed E-state index contributed by atoms with van der Waals surface area (Å²) in [6, 6.07) is 9.97. The van der Waals surface area contributed by atoms with Gasteiger partial charge in [-0.15, -0.1) is 0 Å². The number of pyridine rings is 2. The number of nitrogens with one attached hydrogen (secondary N) is 2. The highest BCUT2D eigenvalue weighted by Gasteiger charge is 2.16. The van der Waals surface area contributed by atoms with Gasteiger partial charge in [-0.05, 0) is 24.3 Å². The Balaban J connectivity index is 2.35. The Morgan fingerprint density at radius 2 is 1.87 bits per heavy atom. The van der Waals surface area contributed by atoms with Gasteiger partial charge in [-0.2, -0.15) is 0 Å². The van der Waals surface area contributed by atoms with Gasteiger partial charge in [0, 0.05) is 29.5 Å². The van der Waals surface area contributed by atoms with E-state index in [2.05, 4.69) is 15.3 Å². The van der Waals surface area contributed by atoms with Crippen molar-refractivity contribution in [2.24, 2.45) is 0 Å². The van der Waals surface area contributed by atoms with Crippen molar-refractivity contribution in [2.75, 3.05) is 5.32 Å². The van der Waals surface area contributed by atoms with E-state index in [1.54, 1.807) is 30.3 Å². The van der Waals surface area contributed by atoms with Crippen LogP contribution in [0.15, 0.2) is 41.2 Å². The number of rotatable bonds is 2. The lowest BCUT2D eigenvalue weighted by Crippen LogP contribution is -2.11. The highest BCUT2D eigenvalue weighted by Crippen LogP contribution is 2.39. The van der Waals surface area contributed by atoms with E-state index < -0.39 is 0 Å². The topological polar surface area (TPSA) is 74.8 Å². The van der Waals surface area contributed by atoms with Gasteiger partial charge in [0.05, 0.1) is 10.0 Å². The molecule has 0 saturated carbocycles. The maximum atomic E-state index is 11.5. The third-order valence-electron chi connectivity index (χ3n) is 3.23. The molecule has 0 radical (unpaired) electrons. The van der Waals surface area contributed by atoms with Crippen LogP contribution in [0.1, 0.15) is 6.92 Å². The van der Waals surface area contributed by atoms with Crippen LogP contribution in [0.3, 0.4) is 0 Å². The van der Waals surface area contributed by atoms with Gasteiger partial charge < -0.3 is 10.3 Å². The minimum absolute atomic E-state index is 0.276. The second kappa shape index (κ2) is 6.02. The first kappa shape index (κ1) is 15.5. The van der Waals surface area contributed by atoms with Gasteiger partial charge in [0.25, 0.3) is 0 Å². The van der Waals surface area contributed by atoms with E-state index >= 15 is 0 Å². The molecule has 116 valence electrons. The quantitative estimate of drug-likeness (QED) is 0.739. The van der Waals surface area contributed by atoms with E-state index in [0.717, 1.165) is 0 Å². The number of nitrogens with zero attached hydrogens (tertiary/aromatic N) is 1. The fourth-order valence-electron chi connectivity index (χ4n) is 2.29. The van der Waals surface area contributed by atoms with Gasteiger partial charge in [-0.1, -0.05) is 29.3 Å². The fraction of sp³-hybridized carbons (Fsp3) is 0.0625. The van der Waals surface area contributed by atoms with Crippen molar-refractivity contribution in [2.45, 2.75) is 6.92 Å². The summed E-state index contributed by atoms with van der Waals surface area (Å²) in [7, 11) is 0. The number of carbonyl (C=O) groups excluding carboxylic acids is 1. The average molecular weight is 348 g/mol. The minimum atomic E-state index is -0.292. The molecule has 0 fully saturated rings. The molecule has 2 heterocycles. The summed E-state index contributed by atoms with van der Waals surface area (Å²) < 4.78 is 0. The number of benzene rings is 1. The summed E-state index contributed by atoms with van der Waals surface area (Å²) in [6.07, 6.45) is 0. The van der Waals surface area contributed by atoms with E-state index in [0.29, 0.717) is 32.2 Å². The lowest BCUT2D eigenvalue weighted by molar-refractivity contribution is -0.114. The van der Waals surface area contributed by atoms with Crippen LogP contribution in [-0.4, -0.2) is 15.9 Å². The van der Waals surface area contributed by atoms with Crippen molar-refractivity contribution in [1.82, 2.24) is 9.97 Å². The molecule has 1 aromatic carbocycles. The Hall–Kier alpha value is -2.37. The molecule has 23 heavy (non-hydrogen) atoms. The Bertz CT molecular complexity index is 962. The summed E-state index contributed by atoms with van der Waals surface area (Å²) in [5, 5.41) is 4.23. The molecule has 3 rings (SSSR count). The molecule has 3 aromatic rings. The second-order valence-corrected chi connectivity index (χ2v) is 5.74. The number of fused-ring (bicyclic) bond motifs is 1. The molecule has 2 N–H and O–H groups in total. The van der Waals surface area contributed by atoms with E-state index in [4.69, 9.17) is 23.2 Å². The van der Waals surface area contributed by atoms with Gasteiger partial charge in [-0.25, -0.2) is 4.98 Å². The highest BCUT2D eigenvalue weighted by molar-refractivity contribution is 6.39. The van der Waals surface area contributed by atoms with E-state index in [-0.39, 0.29) is 17.3 Å². The Kier molecular flexibility index (Phi) is 4.07. The van der Waals surface area contributed by atoms with Crippen LogP contribution in [0.5, 0.6) is 0 Å². The first-order valence-electron chi connectivity index (χ1n) is 6.72. The molecule has 7 heteroatoms. The molecule has 0 saturated heterocycles. The lowest BCUT2D eigenvalue weighted by Gasteiger charge is -2.13. The number of amides is 1. The summed E-state index contributed by atoms with van der Waals surface area (Å²) in [4.78, 5) is 29.9. The number of H-pyrrole nitrogens is 1. The molecule has 0 atom stereocenters. The molecular weight excluding hydrogens is 337 g/mol. The zero-order chi connectivity index (χ0) is 16.6. The van der Waals surface area contributed by atoms with Crippen LogP contribution in [-0.2, 0) is 4.79 Å². The smallest absolute Gasteiger partial charge is 0.249 e. The molecule has 0 spiro atoms. The van der Waals surface area contributed by atoms with Gasteiger partial charge in [0.1, 0.15) is 11.5 Å². The molecule has 0 unspecified atom stereocenters. The van der Waals surface area contributed by atoms with Crippen molar-refractivity contribution in [1.29, 1.82) is 0 Å². The van der Waals surface area contributed by atoms with Crippen LogP contribution in [0.4, 0.5) is 5.82 Å². The summed E-state index contributed by atoms with van der Waals surface area (Å²) >= 11 is 12.5. The highest BCUT2D eigenvalue weighted by atomic mass is 35.5. The molecular formula is C16H11Cl2N3O2. The normalized spacial score (nSPS) is 10.7. The van der Waals surface area contributed by atoms with Crippen molar-refractivity contribution < 1.29 is 4.79 Å². The first-order valence-corrected chi connectivity index (χ1v) is 7.47. The Labute approximate surface area is 141 Å². The van der Waals surface area contributed by atoms with Gasteiger partial charge >= 0.3 is 0 Å². The number of carbonyl (C=O) groups is 1. The molecule has 5 nitrogen and oxygen atoms in total. The number of aromatic nitrogens is 2. The SMILES string of the molecule is CC(=O)Nc1nc2[nH]c(=O)ccc2cc1-c1c(Cl)cccc1Cl. The Morgan fingerprint density at radius 1 is 1.17 bits per heavy atom. The summed E-state index contributed by atoms with van der Waals surface area (Å²) in [5.74, 6) is -0.0126. The maximum absolute atomic E-state index is 11.5. The summed E-state index contributed by atoms with van der Waals surface area (Å²) in [5.41, 5.74) is 1.24. The molecule has 2 aromatic heterocycles. The van der Waals surface area contributed by atoms with Crippen LogP contribution in [0.25, 0.3) is 22.2 Å². The lowest BCUT2D eigenvalue weighted by atomic mass is 10.0. The second-order valence-electron chi connectivity index (χ2n) is 4.92. The predicted molar refractivity (Wildman–Crippen MR) is 92.1 cm³/mol. The van der Waals surface area contributed by atoms with Crippen LogP contribution in [0, 0.1) is 0 Å².